The van der Waals surface area contributed by atoms with Gasteiger partial charge in [0.25, 0.3) is 11.5 Å². The SMILES string of the molecule is O=C(C=Cc1ccncc1)c1cccc[n+]1[O-]. The first-order chi connectivity index (χ1) is 8.27. The Labute approximate surface area is 98.5 Å². The van der Waals surface area contributed by atoms with Crippen molar-refractivity contribution < 1.29 is 9.52 Å². The van der Waals surface area contributed by atoms with Gasteiger partial charge in [0.05, 0.1) is 0 Å². The molecule has 0 aromatic carbocycles. The van der Waals surface area contributed by atoms with Gasteiger partial charge in [-0.2, -0.15) is 4.73 Å². The number of carbonyl (C=O) groups is 1. The lowest BCUT2D eigenvalue weighted by molar-refractivity contribution is -0.607. The van der Waals surface area contributed by atoms with Crippen LogP contribution in [-0.4, -0.2) is 10.8 Å². The zero-order chi connectivity index (χ0) is 12.1. The number of aromatic nitrogens is 2. The van der Waals surface area contributed by atoms with Gasteiger partial charge in [0.15, 0.2) is 6.20 Å². The number of carbonyl (C=O) groups excluding carboxylic acids is 1. The maximum atomic E-state index is 11.7. The summed E-state index contributed by atoms with van der Waals surface area (Å²) in [4.78, 5) is 15.6. The van der Waals surface area contributed by atoms with Crippen LogP contribution in [0.1, 0.15) is 16.1 Å². The lowest BCUT2D eigenvalue weighted by Gasteiger charge is -1.99. The molecule has 0 radical (unpaired) electrons. The molecule has 0 aliphatic carbocycles. The molecule has 4 heteroatoms. The maximum Gasteiger partial charge on any atom is 0.264 e. The van der Waals surface area contributed by atoms with Crippen LogP contribution >= 0.6 is 0 Å². The molecule has 0 saturated heterocycles. The van der Waals surface area contributed by atoms with E-state index < -0.39 is 0 Å². The predicted molar refractivity (Wildman–Crippen MR) is 63.0 cm³/mol. The average Bonchev–Trinajstić information content (AvgIpc) is 2.38. The first kappa shape index (κ1) is 11.0. The highest BCUT2D eigenvalue weighted by atomic mass is 16.5. The van der Waals surface area contributed by atoms with Crippen molar-refractivity contribution in [3.05, 3.63) is 71.5 Å². The Hall–Kier alpha value is -2.49. The molecule has 2 aromatic heterocycles. The number of nitrogens with zero attached hydrogens (tertiary/aromatic N) is 2. The number of hydrogen-bond acceptors (Lipinski definition) is 3. The van der Waals surface area contributed by atoms with E-state index in [9.17, 15) is 10.0 Å². The van der Waals surface area contributed by atoms with Crippen molar-refractivity contribution in [2.24, 2.45) is 0 Å². The van der Waals surface area contributed by atoms with Gasteiger partial charge in [0, 0.05) is 24.5 Å². The molecule has 0 saturated carbocycles. The molecule has 2 heterocycles. The third-order valence-corrected chi connectivity index (χ3v) is 2.21. The number of rotatable bonds is 3. The van der Waals surface area contributed by atoms with E-state index in [0.29, 0.717) is 4.73 Å². The minimum atomic E-state index is -0.322. The zero-order valence-electron chi connectivity index (χ0n) is 8.98. The molecule has 0 aliphatic heterocycles. The molecule has 2 aromatic rings. The Balaban J connectivity index is 2.18. The minimum Gasteiger partial charge on any atom is -0.618 e. The maximum absolute atomic E-state index is 11.7. The lowest BCUT2D eigenvalue weighted by atomic mass is 10.2. The van der Waals surface area contributed by atoms with E-state index >= 15 is 0 Å². The van der Waals surface area contributed by atoms with Crippen molar-refractivity contribution in [2.45, 2.75) is 0 Å². The highest BCUT2D eigenvalue weighted by Gasteiger charge is 2.10. The molecular weight excluding hydrogens is 216 g/mol. The topological polar surface area (TPSA) is 56.9 Å². The number of allylic oxidation sites excluding steroid dienone is 1. The predicted octanol–water partition coefficient (Wildman–Crippen LogP) is 1.61. The first-order valence-corrected chi connectivity index (χ1v) is 5.08. The third kappa shape index (κ3) is 2.75. The van der Waals surface area contributed by atoms with Crippen molar-refractivity contribution in [3.63, 3.8) is 0 Å². The Kier molecular flexibility index (Phi) is 3.25. The molecule has 17 heavy (non-hydrogen) atoms. The van der Waals surface area contributed by atoms with Crippen LogP contribution in [0.5, 0.6) is 0 Å². The van der Waals surface area contributed by atoms with Crippen LogP contribution in [0.4, 0.5) is 0 Å². The van der Waals surface area contributed by atoms with E-state index in [1.54, 1.807) is 42.7 Å². The second-order valence-electron chi connectivity index (χ2n) is 3.39. The van der Waals surface area contributed by atoms with E-state index in [4.69, 9.17) is 0 Å². The van der Waals surface area contributed by atoms with Gasteiger partial charge in [-0.3, -0.25) is 9.78 Å². The van der Waals surface area contributed by atoms with Crippen molar-refractivity contribution >= 4 is 11.9 Å². The summed E-state index contributed by atoms with van der Waals surface area (Å²) >= 11 is 0. The monoisotopic (exact) mass is 226 g/mol. The lowest BCUT2D eigenvalue weighted by Crippen LogP contribution is -2.33. The summed E-state index contributed by atoms with van der Waals surface area (Å²) in [6.07, 6.45) is 7.60. The number of ketones is 1. The molecule has 84 valence electrons. The van der Waals surface area contributed by atoms with Crippen LogP contribution in [-0.2, 0) is 0 Å². The molecule has 0 unspecified atom stereocenters. The molecule has 0 bridgehead atoms. The van der Waals surface area contributed by atoms with Crippen molar-refractivity contribution in [2.75, 3.05) is 0 Å². The van der Waals surface area contributed by atoms with Crippen LogP contribution in [0.15, 0.2) is 55.0 Å². The van der Waals surface area contributed by atoms with E-state index in [0.717, 1.165) is 5.56 Å². The normalized spacial score (nSPS) is 10.6. The fraction of sp³-hybridized carbons (Fsp3) is 0. The number of pyridine rings is 2. The van der Waals surface area contributed by atoms with Crippen molar-refractivity contribution in [1.82, 2.24) is 4.98 Å². The van der Waals surface area contributed by atoms with Gasteiger partial charge in [-0.25, -0.2) is 0 Å². The van der Waals surface area contributed by atoms with Crippen LogP contribution in [0, 0.1) is 5.21 Å². The van der Waals surface area contributed by atoms with Gasteiger partial charge in [-0.05, 0) is 29.8 Å². The standard InChI is InChI=1S/C13H10N2O2/c16-13(12-3-1-2-10-15(12)17)5-4-11-6-8-14-9-7-11/h1-10H. The van der Waals surface area contributed by atoms with Crippen LogP contribution in [0.2, 0.25) is 0 Å². The molecule has 0 spiro atoms. The quantitative estimate of drug-likeness (QED) is 0.346. The van der Waals surface area contributed by atoms with Gasteiger partial charge in [-0.15, -0.1) is 0 Å². The van der Waals surface area contributed by atoms with Gasteiger partial charge < -0.3 is 5.21 Å². The van der Waals surface area contributed by atoms with Gasteiger partial charge in [0.2, 0.25) is 0 Å². The van der Waals surface area contributed by atoms with Crippen LogP contribution < -0.4 is 4.73 Å². The Bertz CT molecular complexity index is 550. The summed E-state index contributed by atoms with van der Waals surface area (Å²) in [6, 6.07) is 8.28. The van der Waals surface area contributed by atoms with Crippen molar-refractivity contribution in [3.8, 4) is 0 Å². The fourth-order valence-corrected chi connectivity index (χ4v) is 1.35. The Morgan fingerprint density at radius 2 is 2.00 bits per heavy atom. The summed E-state index contributed by atoms with van der Waals surface area (Å²) in [6.45, 7) is 0. The average molecular weight is 226 g/mol. The molecule has 0 N–H and O–H groups in total. The summed E-state index contributed by atoms with van der Waals surface area (Å²) in [5, 5.41) is 11.3. The first-order valence-electron chi connectivity index (χ1n) is 5.08. The van der Waals surface area contributed by atoms with Crippen LogP contribution in [0.25, 0.3) is 6.08 Å². The smallest absolute Gasteiger partial charge is 0.264 e. The van der Waals surface area contributed by atoms with Gasteiger partial charge >= 0.3 is 0 Å². The zero-order valence-corrected chi connectivity index (χ0v) is 8.98. The third-order valence-electron chi connectivity index (χ3n) is 2.21. The summed E-state index contributed by atoms with van der Waals surface area (Å²) in [5.41, 5.74) is 0.972. The van der Waals surface area contributed by atoms with Gasteiger partial charge in [0.1, 0.15) is 0 Å². The molecule has 4 nitrogen and oxygen atoms in total. The summed E-state index contributed by atoms with van der Waals surface area (Å²) < 4.78 is 0.555. The largest absolute Gasteiger partial charge is 0.618 e. The molecule has 0 atom stereocenters. The highest BCUT2D eigenvalue weighted by Crippen LogP contribution is 2.01. The fourth-order valence-electron chi connectivity index (χ4n) is 1.35. The van der Waals surface area contributed by atoms with E-state index in [1.807, 2.05) is 0 Å². The second-order valence-corrected chi connectivity index (χ2v) is 3.39. The Morgan fingerprint density at radius 3 is 2.71 bits per heavy atom. The van der Waals surface area contributed by atoms with Crippen LogP contribution in [0.3, 0.4) is 0 Å². The molecule has 0 aliphatic rings. The highest BCUT2D eigenvalue weighted by molar-refractivity contribution is 6.04. The summed E-state index contributed by atoms with van der Waals surface area (Å²) in [7, 11) is 0. The second kappa shape index (κ2) is 5.03. The molecule has 0 fully saturated rings. The molecule has 0 amide bonds. The van der Waals surface area contributed by atoms with Crippen molar-refractivity contribution in [1.29, 1.82) is 0 Å². The summed E-state index contributed by atoms with van der Waals surface area (Å²) in [5.74, 6) is -0.322. The van der Waals surface area contributed by atoms with E-state index in [-0.39, 0.29) is 11.5 Å². The minimum absolute atomic E-state index is 0.109. The molecule has 2 rings (SSSR count). The van der Waals surface area contributed by atoms with E-state index in [1.165, 1.54) is 18.3 Å². The Morgan fingerprint density at radius 1 is 1.24 bits per heavy atom. The number of hydrogen-bond donors (Lipinski definition) is 0. The molecular formula is C13H10N2O2. The van der Waals surface area contributed by atoms with Gasteiger partial charge in [-0.1, -0.05) is 6.08 Å². The van der Waals surface area contributed by atoms with E-state index in [2.05, 4.69) is 4.98 Å².